The molecule has 1 heterocycles. The van der Waals surface area contributed by atoms with Gasteiger partial charge in [-0.3, -0.25) is 0 Å². The third kappa shape index (κ3) is 3.00. The number of aromatic nitrogens is 1. The van der Waals surface area contributed by atoms with E-state index in [2.05, 4.69) is 4.98 Å². The maximum Gasteiger partial charge on any atom is 0.0823 e. The second-order valence-corrected chi connectivity index (χ2v) is 5.20. The molecule has 3 rings (SSSR count). The van der Waals surface area contributed by atoms with Gasteiger partial charge in [0.1, 0.15) is 0 Å². The Morgan fingerprint density at radius 3 is 2.45 bits per heavy atom. The van der Waals surface area contributed by atoms with Crippen LogP contribution in [0.5, 0.6) is 0 Å². The second-order valence-electron chi connectivity index (χ2n) is 4.79. The smallest absolute Gasteiger partial charge is 0.0823 e. The molecule has 3 aromatic rings. The van der Waals surface area contributed by atoms with Gasteiger partial charge in [0, 0.05) is 5.39 Å². The van der Waals surface area contributed by atoms with Gasteiger partial charge in [-0.25, -0.2) is 4.98 Å². The van der Waals surface area contributed by atoms with Crippen molar-refractivity contribution in [2.45, 2.75) is 0 Å². The Bertz CT molecular complexity index is 870. The minimum Gasteiger partial charge on any atom is -0.545 e. The lowest BCUT2D eigenvalue weighted by Crippen LogP contribution is -2.21. The van der Waals surface area contributed by atoms with Crippen LogP contribution in [0.2, 0.25) is 0 Å². The Hall–Kier alpha value is -2.65. The van der Waals surface area contributed by atoms with Crippen LogP contribution in [0.3, 0.4) is 0 Å². The van der Waals surface area contributed by atoms with Gasteiger partial charge in [0.25, 0.3) is 0 Å². The molecule has 0 radical (unpaired) electrons. The summed E-state index contributed by atoms with van der Waals surface area (Å²) in [6, 6.07) is 17.9. The van der Waals surface area contributed by atoms with Gasteiger partial charge in [-0.1, -0.05) is 60.1 Å². The molecule has 4 heteroatoms. The topological polar surface area (TPSA) is 53.0 Å². The summed E-state index contributed by atoms with van der Waals surface area (Å²) in [7, 11) is 0. The summed E-state index contributed by atoms with van der Waals surface area (Å²) in [4.78, 5) is 15.2. The molecule has 1 aromatic heterocycles. The third-order valence-electron chi connectivity index (χ3n) is 3.28. The zero-order chi connectivity index (χ0) is 15.5. The maximum absolute atomic E-state index is 10.7. The average Bonchev–Trinajstić information content (AvgIpc) is 2.55. The van der Waals surface area contributed by atoms with E-state index in [0.717, 1.165) is 16.5 Å². The minimum absolute atomic E-state index is 0.136. The number of rotatable bonds is 3. The first kappa shape index (κ1) is 14.3. The summed E-state index contributed by atoms with van der Waals surface area (Å²) in [6.45, 7) is 0. The number of carboxylic acids is 1. The van der Waals surface area contributed by atoms with E-state index in [0.29, 0.717) is 10.7 Å². The van der Waals surface area contributed by atoms with Crippen LogP contribution in [-0.4, -0.2) is 11.0 Å². The van der Waals surface area contributed by atoms with E-state index < -0.39 is 5.97 Å². The monoisotopic (exact) mass is 308 g/mol. The molecule has 0 saturated heterocycles. The molecule has 0 N–H and O–H groups in total. The highest BCUT2D eigenvalue weighted by Crippen LogP contribution is 2.23. The third-order valence-corrected chi connectivity index (χ3v) is 3.59. The molecule has 0 saturated carbocycles. The van der Waals surface area contributed by atoms with Gasteiger partial charge in [0.15, 0.2) is 0 Å². The van der Waals surface area contributed by atoms with Gasteiger partial charge >= 0.3 is 0 Å². The fourth-order valence-electron chi connectivity index (χ4n) is 2.13. The number of aromatic carboxylic acids is 1. The van der Waals surface area contributed by atoms with E-state index in [1.807, 2.05) is 36.4 Å². The highest BCUT2D eigenvalue weighted by Gasteiger charge is 2.02. The average molecular weight is 309 g/mol. The molecule has 22 heavy (non-hydrogen) atoms. The van der Waals surface area contributed by atoms with Gasteiger partial charge in [-0.2, -0.15) is 0 Å². The van der Waals surface area contributed by atoms with Crippen LogP contribution in [0.15, 0.2) is 60.7 Å². The van der Waals surface area contributed by atoms with Crippen LogP contribution in [-0.2, 0) is 0 Å². The Balaban J connectivity index is 1.93. The van der Waals surface area contributed by atoms with Crippen molar-refractivity contribution in [1.82, 2.24) is 4.98 Å². The molecule has 0 fully saturated rings. The standard InChI is InChI=1S/C18H12ClNO2/c19-15(11-12-5-7-14(8-6-12)18(21)22)17-10-9-13-3-1-2-4-16(13)20-17/h1-11H,(H,21,22)/p-1/b15-11-. The molecule has 0 unspecified atom stereocenters. The fourth-order valence-corrected chi connectivity index (χ4v) is 2.37. The van der Waals surface area contributed by atoms with Crippen molar-refractivity contribution in [3.05, 3.63) is 77.5 Å². The number of fused-ring (bicyclic) bond motifs is 1. The van der Waals surface area contributed by atoms with E-state index in [4.69, 9.17) is 11.6 Å². The molecule has 2 aromatic carbocycles. The van der Waals surface area contributed by atoms with Crippen LogP contribution >= 0.6 is 11.6 Å². The van der Waals surface area contributed by atoms with Crippen molar-refractivity contribution in [3.63, 3.8) is 0 Å². The van der Waals surface area contributed by atoms with Crippen molar-refractivity contribution in [1.29, 1.82) is 0 Å². The van der Waals surface area contributed by atoms with Crippen molar-refractivity contribution < 1.29 is 9.90 Å². The van der Waals surface area contributed by atoms with Crippen LogP contribution in [0.25, 0.3) is 22.0 Å². The van der Waals surface area contributed by atoms with Crippen molar-refractivity contribution in [2.24, 2.45) is 0 Å². The van der Waals surface area contributed by atoms with Crippen molar-refractivity contribution in [3.8, 4) is 0 Å². The molecule has 0 aliphatic rings. The lowest BCUT2D eigenvalue weighted by atomic mass is 10.1. The Morgan fingerprint density at radius 2 is 1.73 bits per heavy atom. The van der Waals surface area contributed by atoms with Gasteiger partial charge < -0.3 is 9.90 Å². The van der Waals surface area contributed by atoms with Crippen LogP contribution < -0.4 is 5.11 Å². The second kappa shape index (κ2) is 6.00. The molecule has 0 spiro atoms. The highest BCUT2D eigenvalue weighted by molar-refractivity contribution is 6.51. The Kier molecular flexibility index (Phi) is 3.90. The van der Waals surface area contributed by atoms with E-state index in [-0.39, 0.29) is 5.56 Å². The summed E-state index contributed by atoms with van der Waals surface area (Å²) in [5.41, 5.74) is 2.48. The first-order valence-electron chi connectivity index (χ1n) is 6.68. The molecule has 108 valence electrons. The quantitative estimate of drug-likeness (QED) is 0.745. The zero-order valence-corrected chi connectivity index (χ0v) is 12.2. The minimum atomic E-state index is -1.20. The number of benzene rings is 2. The molecule has 0 aliphatic carbocycles. The number of carbonyl (C=O) groups excluding carboxylic acids is 1. The molecule has 3 nitrogen and oxygen atoms in total. The normalized spacial score (nSPS) is 11.6. The van der Waals surface area contributed by atoms with Crippen molar-refractivity contribution >= 4 is 39.6 Å². The Morgan fingerprint density at radius 1 is 1.00 bits per heavy atom. The van der Waals surface area contributed by atoms with Gasteiger partial charge in [-0.15, -0.1) is 0 Å². The Labute approximate surface area is 132 Å². The molecule has 0 bridgehead atoms. The highest BCUT2D eigenvalue weighted by atomic mass is 35.5. The van der Waals surface area contributed by atoms with Crippen molar-refractivity contribution in [2.75, 3.05) is 0 Å². The van der Waals surface area contributed by atoms with E-state index in [1.54, 1.807) is 18.2 Å². The lowest BCUT2D eigenvalue weighted by molar-refractivity contribution is -0.255. The first-order chi connectivity index (χ1) is 10.6. The SMILES string of the molecule is O=C([O-])c1ccc(/C=C(\Cl)c2ccc3ccccc3n2)cc1. The summed E-state index contributed by atoms with van der Waals surface area (Å²) < 4.78 is 0. The van der Waals surface area contributed by atoms with E-state index in [9.17, 15) is 9.90 Å². The number of halogens is 1. The largest absolute Gasteiger partial charge is 0.545 e. The fraction of sp³-hybridized carbons (Fsp3) is 0. The van der Waals surface area contributed by atoms with Gasteiger partial charge in [0.2, 0.25) is 0 Å². The number of para-hydroxylation sites is 1. The molecule has 0 amide bonds. The van der Waals surface area contributed by atoms with Gasteiger partial charge in [0.05, 0.1) is 22.2 Å². The summed E-state index contributed by atoms with van der Waals surface area (Å²) in [5, 5.41) is 12.3. The van der Waals surface area contributed by atoms with Crippen LogP contribution in [0, 0.1) is 0 Å². The molecular weight excluding hydrogens is 298 g/mol. The predicted octanol–water partition coefficient (Wildman–Crippen LogP) is 3.34. The molecule has 0 aliphatic heterocycles. The van der Waals surface area contributed by atoms with Gasteiger partial charge in [-0.05, 0) is 29.3 Å². The van der Waals surface area contributed by atoms with Crippen LogP contribution in [0.4, 0.5) is 0 Å². The van der Waals surface area contributed by atoms with E-state index >= 15 is 0 Å². The zero-order valence-electron chi connectivity index (χ0n) is 11.5. The molecule has 0 atom stereocenters. The number of hydrogen-bond acceptors (Lipinski definition) is 3. The van der Waals surface area contributed by atoms with E-state index in [1.165, 1.54) is 12.1 Å². The summed E-state index contributed by atoms with van der Waals surface area (Å²) in [5.74, 6) is -1.20. The predicted molar refractivity (Wildman–Crippen MR) is 86.2 cm³/mol. The number of hydrogen-bond donors (Lipinski definition) is 0. The number of pyridine rings is 1. The van der Waals surface area contributed by atoms with Crippen LogP contribution in [0.1, 0.15) is 21.6 Å². The molecular formula is C18H11ClNO2-. The summed E-state index contributed by atoms with van der Waals surface area (Å²) >= 11 is 6.31. The maximum atomic E-state index is 10.7. The number of carbonyl (C=O) groups is 1. The summed E-state index contributed by atoms with van der Waals surface area (Å²) in [6.07, 6.45) is 1.75. The lowest BCUT2D eigenvalue weighted by Gasteiger charge is -2.04. The number of carboxylic acid groups (broad SMARTS) is 1. The first-order valence-corrected chi connectivity index (χ1v) is 7.06. The number of nitrogens with zero attached hydrogens (tertiary/aromatic N) is 1.